The van der Waals surface area contributed by atoms with E-state index in [0.29, 0.717) is 6.26 Å². The summed E-state index contributed by atoms with van der Waals surface area (Å²) in [5.41, 5.74) is 0. The van der Waals surface area contributed by atoms with Gasteiger partial charge < -0.3 is 19.2 Å². The minimum atomic E-state index is -3.92. The zero-order valence-corrected chi connectivity index (χ0v) is 11.0. The highest BCUT2D eigenvalue weighted by atomic mass is 32.2. The summed E-state index contributed by atoms with van der Waals surface area (Å²) in [6, 6.07) is 0. The van der Waals surface area contributed by atoms with Crippen LogP contribution in [0.25, 0.3) is 4.72 Å². The molecule has 0 aliphatic carbocycles. The summed E-state index contributed by atoms with van der Waals surface area (Å²) in [5.74, 6) is -1.08. The molecule has 0 atom stereocenters. The number of nitrogens with zero attached hydrogens (tertiary/aromatic N) is 1. The summed E-state index contributed by atoms with van der Waals surface area (Å²) in [6.07, 6.45) is 2.57. The predicted octanol–water partition coefficient (Wildman–Crippen LogP) is 0.279. The number of carboxylic acid groups (broad SMARTS) is 1. The predicted molar refractivity (Wildman–Crippen MR) is 67.2 cm³/mol. The van der Waals surface area contributed by atoms with Crippen molar-refractivity contribution in [1.29, 1.82) is 0 Å². The maximum Gasteiger partial charge on any atom is 0.0916 e. The van der Waals surface area contributed by atoms with E-state index in [4.69, 9.17) is 32.8 Å². The van der Waals surface area contributed by atoms with Gasteiger partial charge in [-0.1, -0.05) is 14.4 Å². The molecule has 0 aromatic carbocycles. The second-order valence-corrected chi connectivity index (χ2v) is 3.86. The highest BCUT2D eigenvalue weighted by molar-refractivity contribution is 8.01. The standard InChI is InChI=1S/C3H8NS.C2H4O2.CH4O3S.CH4.O2/c1-3-4-5-2;1-2(3)4;1-5(2,3)4;;1-2/h3H2,1-2H3;1H3,(H,3,4);1H3,(H,2,3,4);1H4;/q-1;;;;/p-2. The van der Waals surface area contributed by atoms with E-state index >= 15 is 0 Å². The molecule has 0 aliphatic rings. The van der Waals surface area contributed by atoms with Gasteiger partial charge in [0, 0.05) is 22.2 Å². The largest absolute Gasteiger partial charge is 0.748 e. The van der Waals surface area contributed by atoms with E-state index in [-0.39, 0.29) is 7.43 Å². The third-order valence-corrected chi connectivity index (χ3v) is 0.775. The van der Waals surface area contributed by atoms with Crippen molar-refractivity contribution in [2.24, 2.45) is 0 Å². The number of carbonyl (C=O) groups excluding carboxylic acids is 1. The average molecular weight is 292 g/mol. The Morgan fingerprint density at radius 3 is 1.53 bits per heavy atom. The zero-order valence-electron chi connectivity index (χ0n) is 9.33. The number of rotatable bonds is 2. The van der Waals surface area contributed by atoms with E-state index in [0.717, 1.165) is 13.5 Å². The Kier molecular flexibility index (Phi) is 43.1. The van der Waals surface area contributed by atoms with Crippen LogP contribution in [0, 0.1) is 9.93 Å². The Morgan fingerprint density at radius 1 is 1.35 bits per heavy atom. The van der Waals surface area contributed by atoms with Gasteiger partial charge in [-0.25, -0.2) is 8.42 Å². The van der Waals surface area contributed by atoms with Gasteiger partial charge in [-0.05, 0) is 13.2 Å². The molecule has 0 N–H and O–H groups in total. The fraction of sp³-hybridized carbons (Fsp3) is 0.857. The van der Waals surface area contributed by atoms with Crippen LogP contribution in [0.1, 0.15) is 21.3 Å². The van der Waals surface area contributed by atoms with Gasteiger partial charge in [0.2, 0.25) is 0 Å². The van der Waals surface area contributed by atoms with E-state index < -0.39 is 16.1 Å². The van der Waals surface area contributed by atoms with E-state index in [1.54, 1.807) is 0 Å². The van der Waals surface area contributed by atoms with E-state index in [9.17, 15) is 0 Å². The molecule has 0 unspecified atom stereocenters. The van der Waals surface area contributed by atoms with E-state index in [2.05, 4.69) is 4.72 Å². The second-order valence-electron chi connectivity index (χ2n) is 1.82. The molecule has 0 bridgehead atoms. The summed E-state index contributed by atoms with van der Waals surface area (Å²) in [5, 5.41) is 8.89. The van der Waals surface area contributed by atoms with Gasteiger partial charge in [-0.3, -0.25) is 11.9 Å². The van der Waals surface area contributed by atoms with Crippen molar-refractivity contribution in [1.82, 2.24) is 0 Å². The fourth-order valence-corrected chi connectivity index (χ4v) is 0.387. The van der Waals surface area contributed by atoms with Crippen LogP contribution < -0.4 is 5.11 Å². The lowest BCUT2D eigenvalue weighted by Crippen LogP contribution is -2.16. The molecule has 0 amide bonds. The molecule has 0 heterocycles. The van der Waals surface area contributed by atoms with Gasteiger partial charge in [-0.2, -0.15) is 0 Å². The molecule has 0 rings (SSSR count). The molecule has 0 fully saturated rings. The van der Waals surface area contributed by atoms with Crippen molar-refractivity contribution in [2.75, 3.05) is 19.1 Å². The third-order valence-electron chi connectivity index (χ3n) is 0.258. The summed E-state index contributed by atoms with van der Waals surface area (Å²) in [4.78, 5) is 22.9. The van der Waals surface area contributed by atoms with Crippen LogP contribution in [-0.4, -0.2) is 38.0 Å². The highest BCUT2D eigenvalue weighted by Gasteiger charge is 1.65. The lowest BCUT2D eigenvalue weighted by Gasteiger charge is -2.08. The third kappa shape index (κ3) is 1620. The Morgan fingerprint density at radius 2 is 1.53 bits per heavy atom. The molecule has 8 nitrogen and oxygen atoms in total. The summed E-state index contributed by atoms with van der Waals surface area (Å²) < 4.78 is 31.1. The highest BCUT2D eigenvalue weighted by Crippen LogP contribution is 2.00. The van der Waals surface area contributed by atoms with Crippen LogP contribution in [0.15, 0.2) is 0 Å². The molecule has 0 saturated heterocycles. The molecule has 0 aliphatic heterocycles. The number of carbonyl (C=O) groups is 1. The number of hydrogen-bond donors (Lipinski definition) is 0. The van der Waals surface area contributed by atoms with Crippen LogP contribution in [0.4, 0.5) is 0 Å². The van der Waals surface area contributed by atoms with Crippen molar-refractivity contribution >= 4 is 28.0 Å². The van der Waals surface area contributed by atoms with Crippen LogP contribution in [0.3, 0.4) is 0 Å². The SMILES string of the molecule is C.CC(=O)[O-].CC[N-]SC.CS(=O)(=O)[O-].O=O. The number of hydrogen-bond acceptors (Lipinski definition) is 8. The number of carboxylic acids is 1. The lowest BCUT2D eigenvalue weighted by molar-refractivity contribution is -0.302. The maximum absolute atomic E-state index is 9.08. The molecule has 17 heavy (non-hydrogen) atoms. The lowest BCUT2D eigenvalue weighted by atomic mass is 10.8. The first-order chi connectivity index (χ1) is 7.15. The topological polar surface area (TPSA) is 146 Å². The second kappa shape index (κ2) is 24.5. The van der Waals surface area contributed by atoms with Crippen LogP contribution >= 0.6 is 11.9 Å². The molecule has 10 heteroatoms. The van der Waals surface area contributed by atoms with Gasteiger partial charge in [0.25, 0.3) is 0 Å². The summed E-state index contributed by atoms with van der Waals surface area (Å²) in [7, 11) is -3.92. The van der Waals surface area contributed by atoms with E-state index in [1.807, 2.05) is 13.2 Å². The zero-order chi connectivity index (χ0) is 14.2. The first-order valence-electron chi connectivity index (χ1n) is 3.60. The Bertz CT molecular complexity index is 216. The van der Waals surface area contributed by atoms with Crippen LogP contribution in [-0.2, 0) is 14.9 Å². The minimum absolute atomic E-state index is 0. The summed E-state index contributed by atoms with van der Waals surface area (Å²) in [6.45, 7) is 3.93. The number of aliphatic carboxylic acids is 1. The average Bonchev–Trinajstić information content (AvgIpc) is 2.05. The molecule has 0 aromatic heterocycles. The van der Waals surface area contributed by atoms with Crippen LogP contribution in [0.5, 0.6) is 0 Å². The molecule has 0 radical (unpaired) electrons. The van der Waals surface area contributed by atoms with Gasteiger partial charge in [0.05, 0.1) is 10.1 Å². The molecular weight excluding hydrogens is 274 g/mol. The monoisotopic (exact) mass is 292 g/mol. The molecule has 0 aromatic rings. The van der Waals surface area contributed by atoms with E-state index in [1.165, 1.54) is 11.9 Å². The normalized spacial score (nSPS) is 7.59. The van der Waals surface area contributed by atoms with Crippen molar-refractivity contribution < 1.29 is 22.9 Å². The molecule has 108 valence electrons. The van der Waals surface area contributed by atoms with Gasteiger partial charge in [0.1, 0.15) is 0 Å². The molecule has 0 spiro atoms. The van der Waals surface area contributed by atoms with Gasteiger partial charge in [0.15, 0.2) is 0 Å². The maximum atomic E-state index is 9.08. The fourth-order valence-electron chi connectivity index (χ4n) is 0.129. The summed E-state index contributed by atoms with van der Waals surface area (Å²) >= 11 is 1.53. The quantitative estimate of drug-likeness (QED) is 0.520. The minimum Gasteiger partial charge on any atom is -0.748 e. The Balaban J connectivity index is -0.0000000386. The van der Waals surface area contributed by atoms with Crippen molar-refractivity contribution in [3.63, 3.8) is 0 Å². The first-order valence-corrected chi connectivity index (χ1v) is 6.60. The Labute approximate surface area is 106 Å². The van der Waals surface area contributed by atoms with Gasteiger partial charge in [-0.15, -0.1) is 6.54 Å². The molecular formula is C7H18NO7S2-3. The first kappa shape index (κ1) is 29.9. The Hall–Kier alpha value is -0.710. The van der Waals surface area contributed by atoms with Crippen molar-refractivity contribution in [3.8, 4) is 0 Å². The molecule has 0 saturated carbocycles. The van der Waals surface area contributed by atoms with Gasteiger partial charge >= 0.3 is 0 Å². The van der Waals surface area contributed by atoms with Crippen molar-refractivity contribution in [3.05, 3.63) is 14.7 Å². The van der Waals surface area contributed by atoms with Crippen LogP contribution in [0.2, 0.25) is 0 Å². The van der Waals surface area contributed by atoms with Crippen molar-refractivity contribution in [2.45, 2.75) is 21.3 Å². The smallest absolute Gasteiger partial charge is 0.0916 e.